The van der Waals surface area contributed by atoms with Crippen LogP contribution in [0.25, 0.3) is 10.9 Å². The molecule has 0 unspecified atom stereocenters. The van der Waals surface area contributed by atoms with Crippen molar-refractivity contribution >= 4 is 40.1 Å². The van der Waals surface area contributed by atoms with Gasteiger partial charge in [0.15, 0.2) is 5.75 Å². The molecule has 0 aliphatic carbocycles. The van der Waals surface area contributed by atoms with Crippen LogP contribution in [0.2, 0.25) is 19.6 Å². The summed E-state index contributed by atoms with van der Waals surface area (Å²) < 4.78 is 0.733. The van der Waals surface area contributed by atoms with Gasteiger partial charge in [0.1, 0.15) is 5.52 Å². The van der Waals surface area contributed by atoms with E-state index in [1.165, 1.54) is 5.19 Å². The molecule has 84 valence electrons. The summed E-state index contributed by atoms with van der Waals surface area (Å²) in [5.74, 6) is 0.234. The molecule has 0 saturated carbocycles. The summed E-state index contributed by atoms with van der Waals surface area (Å²) in [5.41, 5.74) is 0.689. The minimum Gasteiger partial charge on any atom is -0.505 e. The van der Waals surface area contributed by atoms with E-state index in [1.807, 2.05) is 18.2 Å². The lowest BCUT2D eigenvalue weighted by molar-refractivity contribution is 0.477. The topological polar surface area (TPSA) is 33.1 Å². The Kier molecular flexibility index (Phi) is 2.80. The summed E-state index contributed by atoms with van der Waals surface area (Å²) >= 11 is 3.39. The highest BCUT2D eigenvalue weighted by atomic mass is 79.9. The van der Waals surface area contributed by atoms with E-state index in [-0.39, 0.29) is 5.75 Å². The lowest BCUT2D eigenvalue weighted by atomic mass is 10.2. The molecule has 1 N–H and O–H groups in total. The molecule has 0 spiro atoms. The van der Waals surface area contributed by atoms with Gasteiger partial charge in [-0.25, -0.2) is 0 Å². The van der Waals surface area contributed by atoms with E-state index in [2.05, 4.69) is 40.6 Å². The van der Waals surface area contributed by atoms with Crippen molar-refractivity contribution in [2.75, 3.05) is 0 Å². The molecule has 0 aliphatic heterocycles. The summed E-state index contributed by atoms with van der Waals surface area (Å²) in [7, 11) is -1.43. The van der Waals surface area contributed by atoms with E-state index < -0.39 is 8.07 Å². The van der Waals surface area contributed by atoms with Crippen LogP contribution in [0.1, 0.15) is 0 Å². The van der Waals surface area contributed by atoms with Crippen molar-refractivity contribution in [2.24, 2.45) is 0 Å². The van der Waals surface area contributed by atoms with Crippen molar-refractivity contribution in [3.63, 3.8) is 0 Å². The van der Waals surface area contributed by atoms with E-state index in [4.69, 9.17) is 0 Å². The van der Waals surface area contributed by atoms with Gasteiger partial charge in [0, 0.05) is 11.6 Å². The monoisotopic (exact) mass is 295 g/mol. The highest BCUT2D eigenvalue weighted by Crippen LogP contribution is 2.31. The first-order chi connectivity index (χ1) is 7.41. The molecule has 0 amide bonds. The smallest absolute Gasteiger partial charge is 0.156 e. The molecular formula is C12H14BrNOSi. The SMILES string of the molecule is C[Si](C)(C)c1cc(Br)c(O)c2ncccc12. The highest BCUT2D eigenvalue weighted by Gasteiger charge is 2.22. The first-order valence-corrected chi connectivity index (χ1v) is 9.47. The Balaban J connectivity index is 2.91. The van der Waals surface area contributed by atoms with Crippen LogP contribution in [0.15, 0.2) is 28.9 Å². The minimum absolute atomic E-state index is 0.234. The van der Waals surface area contributed by atoms with Crippen LogP contribution in [0.4, 0.5) is 0 Å². The molecule has 0 atom stereocenters. The Hall–Kier alpha value is -0.873. The van der Waals surface area contributed by atoms with E-state index in [0.717, 1.165) is 9.86 Å². The zero-order valence-corrected chi connectivity index (χ0v) is 12.2. The van der Waals surface area contributed by atoms with Crippen LogP contribution >= 0.6 is 15.9 Å². The first-order valence-electron chi connectivity index (χ1n) is 5.18. The fourth-order valence-electron chi connectivity index (χ4n) is 1.82. The van der Waals surface area contributed by atoms with Gasteiger partial charge in [-0.05, 0) is 33.2 Å². The fourth-order valence-corrected chi connectivity index (χ4v) is 4.03. The average molecular weight is 296 g/mol. The van der Waals surface area contributed by atoms with Gasteiger partial charge in [0.05, 0.1) is 12.5 Å². The van der Waals surface area contributed by atoms with Crippen molar-refractivity contribution in [3.8, 4) is 5.75 Å². The predicted octanol–water partition coefficient (Wildman–Crippen LogP) is 3.25. The summed E-state index contributed by atoms with van der Waals surface area (Å²) in [5, 5.41) is 12.3. The maximum Gasteiger partial charge on any atom is 0.156 e. The fraction of sp³-hybridized carbons (Fsp3) is 0.250. The van der Waals surface area contributed by atoms with Gasteiger partial charge in [-0.1, -0.05) is 25.7 Å². The molecule has 1 aromatic carbocycles. The van der Waals surface area contributed by atoms with E-state index in [9.17, 15) is 5.11 Å². The number of rotatable bonds is 1. The van der Waals surface area contributed by atoms with E-state index in [0.29, 0.717) is 5.52 Å². The molecule has 2 nitrogen and oxygen atoms in total. The Labute approximate surface area is 104 Å². The molecule has 2 rings (SSSR count). The lowest BCUT2D eigenvalue weighted by Gasteiger charge is -2.20. The van der Waals surface area contributed by atoms with Crippen molar-refractivity contribution in [1.29, 1.82) is 0 Å². The van der Waals surface area contributed by atoms with Crippen molar-refractivity contribution in [2.45, 2.75) is 19.6 Å². The van der Waals surface area contributed by atoms with E-state index in [1.54, 1.807) is 6.20 Å². The molecule has 0 bridgehead atoms. The third-order valence-electron chi connectivity index (χ3n) is 2.63. The van der Waals surface area contributed by atoms with Crippen molar-refractivity contribution < 1.29 is 5.11 Å². The largest absolute Gasteiger partial charge is 0.505 e. The summed E-state index contributed by atoms with van der Waals surface area (Å²) in [6.45, 7) is 6.87. The lowest BCUT2D eigenvalue weighted by Crippen LogP contribution is -2.38. The number of aromatic nitrogens is 1. The van der Waals surface area contributed by atoms with Gasteiger partial charge in [0.25, 0.3) is 0 Å². The number of phenols is 1. The number of pyridine rings is 1. The molecule has 0 fully saturated rings. The van der Waals surface area contributed by atoms with Gasteiger partial charge < -0.3 is 5.11 Å². The van der Waals surface area contributed by atoms with Gasteiger partial charge in [-0.2, -0.15) is 0 Å². The average Bonchev–Trinajstić information content (AvgIpc) is 2.22. The molecule has 1 aromatic heterocycles. The number of halogens is 1. The van der Waals surface area contributed by atoms with Gasteiger partial charge in [0.2, 0.25) is 0 Å². The Bertz CT molecular complexity index is 548. The maximum atomic E-state index is 9.95. The third kappa shape index (κ3) is 1.87. The third-order valence-corrected chi connectivity index (χ3v) is 5.26. The summed E-state index contributed by atoms with van der Waals surface area (Å²) in [4.78, 5) is 4.26. The van der Waals surface area contributed by atoms with Crippen LogP contribution in [-0.4, -0.2) is 18.2 Å². The van der Waals surface area contributed by atoms with Crippen molar-refractivity contribution in [3.05, 3.63) is 28.9 Å². The standard InChI is InChI=1S/C12H14BrNOSi/c1-16(2,3)10-7-9(13)12(15)11-8(10)5-4-6-14-11/h4-7,15H,1-3H3. The number of benzene rings is 1. The second-order valence-electron chi connectivity index (χ2n) is 4.90. The molecular weight excluding hydrogens is 282 g/mol. The highest BCUT2D eigenvalue weighted by molar-refractivity contribution is 9.10. The Morgan fingerprint density at radius 1 is 1.31 bits per heavy atom. The number of hydrogen-bond donors (Lipinski definition) is 1. The molecule has 0 aliphatic rings. The quantitative estimate of drug-likeness (QED) is 0.819. The summed E-state index contributed by atoms with van der Waals surface area (Å²) in [6, 6.07) is 5.98. The number of fused-ring (bicyclic) bond motifs is 1. The van der Waals surface area contributed by atoms with E-state index >= 15 is 0 Å². The van der Waals surface area contributed by atoms with Crippen LogP contribution < -0.4 is 5.19 Å². The number of nitrogens with zero attached hydrogens (tertiary/aromatic N) is 1. The molecule has 0 radical (unpaired) electrons. The van der Waals surface area contributed by atoms with Crippen LogP contribution in [0, 0.1) is 0 Å². The predicted molar refractivity (Wildman–Crippen MR) is 74.1 cm³/mol. The van der Waals surface area contributed by atoms with Gasteiger partial charge in [-0.3, -0.25) is 4.98 Å². The summed E-state index contributed by atoms with van der Waals surface area (Å²) in [6.07, 6.45) is 1.71. The Morgan fingerprint density at radius 2 is 2.00 bits per heavy atom. The number of aromatic hydroxyl groups is 1. The molecule has 1 heterocycles. The van der Waals surface area contributed by atoms with Crippen molar-refractivity contribution in [1.82, 2.24) is 4.98 Å². The molecule has 16 heavy (non-hydrogen) atoms. The molecule has 0 saturated heterocycles. The van der Waals surface area contributed by atoms with Crippen LogP contribution in [-0.2, 0) is 0 Å². The zero-order chi connectivity index (χ0) is 11.9. The normalized spacial score (nSPS) is 12.0. The zero-order valence-electron chi connectivity index (χ0n) is 9.58. The minimum atomic E-state index is -1.43. The number of phenolic OH excluding ortho intramolecular Hbond substituents is 1. The second kappa shape index (κ2) is 3.86. The first kappa shape index (κ1) is 11.6. The molecule has 2 aromatic rings. The van der Waals surface area contributed by atoms with Crippen LogP contribution in [0.3, 0.4) is 0 Å². The number of hydrogen-bond acceptors (Lipinski definition) is 2. The second-order valence-corrected chi connectivity index (χ2v) is 10.8. The van der Waals surface area contributed by atoms with Gasteiger partial charge in [-0.15, -0.1) is 0 Å². The Morgan fingerprint density at radius 3 is 2.62 bits per heavy atom. The maximum absolute atomic E-state index is 9.95. The molecule has 4 heteroatoms. The van der Waals surface area contributed by atoms with Gasteiger partial charge >= 0.3 is 0 Å². The van der Waals surface area contributed by atoms with Crippen LogP contribution in [0.5, 0.6) is 5.75 Å².